The zero-order chi connectivity index (χ0) is 24.0. The number of benzene rings is 1. The summed E-state index contributed by atoms with van der Waals surface area (Å²) >= 11 is 6.03. The van der Waals surface area contributed by atoms with Crippen LogP contribution in [-0.4, -0.2) is 24.7 Å². The highest BCUT2D eigenvalue weighted by molar-refractivity contribution is 6.30. The highest BCUT2D eigenvalue weighted by Gasteiger charge is 2.26. The Hall–Kier alpha value is -2.86. The van der Waals surface area contributed by atoms with Gasteiger partial charge in [-0.3, -0.25) is 4.68 Å². The molecule has 5 rings (SSSR count). The third-order valence-corrected chi connectivity index (χ3v) is 7.19. The van der Waals surface area contributed by atoms with E-state index in [-0.39, 0.29) is 11.7 Å². The molecule has 34 heavy (non-hydrogen) atoms. The lowest BCUT2D eigenvalue weighted by Crippen LogP contribution is -2.08. The van der Waals surface area contributed by atoms with E-state index >= 15 is 4.39 Å². The molecule has 1 aliphatic carbocycles. The SMILES string of the molecule is CCC(CC(C)c1cnn(C2CC2)c1)c1cc(-c2ccc(Cl)cc2F)c2nc(C)c(C)nc2n1. The predicted octanol–water partition coefficient (Wildman–Crippen LogP) is 7.32. The van der Waals surface area contributed by atoms with Crippen LogP contribution < -0.4 is 0 Å². The molecule has 0 aliphatic heterocycles. The third kappa shape index (κ3) is 4.43. The van der Waals surface area contributed by atoms with Gasteiger partial charge in [-0.05, 0) is 75.3 Å². The first-order valence-corrected chi connectivity index (χ1v) is 12.4. The lowest BCUT2D eigenvalue weighted by atomic mass is 9.87. The number of aryl methyl sites for hydroxylation is 2. The Balaban J connectivity index is 1.56. The Kier molecular flexibility index (Phi) is 6.11. The lowest BCUT2D eigenvalue weighted by Gasteiger charge is -2.20. The summed E-state index contributed by atoms with van der Waals surface area (Å²) in [6.07, 6.45) is 8.47. The molecule has 2 unspecified atom stereocenters. The normalized spacial score (nSPS) is 15.6. The fourth-order valence-electron chi connectivity index (χ4n) is 4.55. The van der Waals surface area contributed by atoms with E-state index in [1.807, 2.05) is 26.1 Å². The predicted molar refractivity (Wildman–Crippen MR) is 134 cm³/mol. The first-order valence-electron chi connectivity index (χ1n) is 12.0. The Morgan fingerprint density at radius 2 is 1.85 bits per heavy atom. The van der Waals surface area contributed by atoms with Crippen molar-refractivity contribution in [1.82, 2.24) is 24.7 Å². The van der Waals surface area contributed by atoms with Crippen molar-refractivity contribution in [3.63, 3.8) is 0 Å². The van der Waals surface area contributed by atoms with E-state index in [2.05, 4.69) is 29.8 Å². The summed E-state index contributed by atoms with van der Waals surface area (Å²) in [7, 11) is 0. The smallest absolute Gasteiger partial charge is 0.179 e. The summed E-state index contributed by atoms with van der Waals surface area (Å²) < 4.78 is 17.1. The molecule has 0 bridgehead atoms. The second kappa shape index (κ2) is 9.06. The lowest BCUT2D eigenvalue weighted by molar-refractivity contribution is 0.534. The van der Waals surface area contributed by atoms with Crippen LogP contribution in [0.2, 0.25) is 5.02 Å². The van der Waals surface area contributed by atoms with E-state index in [4.69, 9.17) is 26.6 Å². The molecule has 0 radical (unpaired) electrons. The van der Waals surface area contributed by atoms with Crippen LogP contribution in [0.4, 0.5) is 4.39 Å². The molecule has 2 atom stereocenters. The zero-order valence-electron chi connectivity index (χ0n) is 20.0. The van der Waals surface area contributed by atoms with E-state index in [0.29, 0.717) is 39.3 Å². The van der Waals surface area contributed by atoms with Crippen LogP contribution in [0.5, 0.6) is 0 Å². The van der Waals surface area contributed by atoms with E-state index in [1.54, 1.807) is 12.1 Å². The van der Waals surface area contributed by atoms with Gasteiger partial charge in [-0.25, -0.2) is 19.3 Å². The first kappa shape index (κ1) is 22.9. The van der Waals surface area contributed by atoms with E-state index < -0.39 is 0 Å². The zero-order valence-corrected chi connectivity index (χ0v) is 20.8. The van der Waals surface area contributed by atoms with Crippen LogP contribution in [0.3, 0.4) is 0 Å². The molecule has 1 saturated carbocycles. The molecule has 176 valence electrons. The molecule has 1 aliphatic rings. The molecular weight excluding hydrogens is 449 g/mol. The minimum absolute atomic E-state index is 0.196. The molecule has 0 spiro atoms. The largest absolute Gasteiger partial charge is 0.269 e. The van der Waals surface area contributed by atoms with Crippen molar-refractivity contribution in [3.8, 4) is 11.1 Å². The van der Waals surface area contributed by atoms with Crippen molar-refractivity contribution in [2.24, 2.45) is 0 Å². The van der Waals surface area contributed by atoms with Crippen molar-refractivity contribution in [3.05, 3.63) is 70.1 Å². The molecular formula is C27H29ClFN5. The topological polar surface area (TPSA) is 56.5 Å². The Bertz CT molecular complexity index is 1360. The molecule has 0 saturated heterocycles. The van der Waals surface area contributed by atoms with Gasteiger partial charge in [0.05, 0.1) is 23.6 Å². The second-order valence-corrected chi connectivity index (χ2v) is 9.95. The van der Waals surface area contributed by atoms with E-state index in [1.165, 1.54) is 24.5 Å². The number of fused-ring (bicyclic) bond motifs is 1. The minimum Gasteiger partial charge on any atom is -0.269 e. The first-order chi connectivity index (χ1) is 16.3. The van der Waals surface area contributed by atoms with Crippen LogP contribution in [0, 0.1) is 19.7 Å². The van der Waals surface area contributed by atoms with Gasteiger partial charge in [-0.1, -0.05) is 25.4 Å². The molecule has 3 aromatic heterocycles. The van der Waals surface area contributed by atoms with Crippen molar-refractivity contribution >= 4 is 22.8 Å². The molecule has 1 aromatic carbocycles. The van der Waals surface area contributed by atoms with Crippen molar-refractivity contribution in [2.75, 3.05) is 0 Å². The summed E-state index contributed by atoms with van der Waals surface area (Å²) in [5, 5.41) is 4.93. The summed E-state index contributed by atoms with van der Waals surface area (Å²) in [5.74, 6) is 0.151. The van der Waals surface area contributed by atoms with Crippen molar-refractivity contribution < 1.29 is 4.39 Å². The van der Waals surface area contributed by atoms with Crippen LogP contribution in [0.15, 0.2) is 36.7 Å². The van der Waals surface area contributed by atoms with Gasteiger partial charge in [-0.2, -0.15) is 5.10 Å². The van der Waals surface area contributed by atoms with E-state index in [0.717, 1.165) is 29.9 Å². The number of pyridine rings is 1. The van der Waals surface area contributed by atoms with Gasteiger partial charge in [0, 0.05) is 34.0 Å². The fourth-order valence-corrected chi connectivity index (χ4v) is 4.71. The summed E-state index contributed by atoms with van der Waals surface area (Å²) in [6, 6.07) is 7.33. The van der Waals surface area contributed by atoms with Gasteiger partial charge in [0.15, 0.2) is 5.65 Å². The maximum atomic E-state index is 15.0. The standard InChI is InChI=1S/C27H29ClFN5/c1-5-18(10-15(2)19-13-30-34(14-19)21-7-8-21)25-12-23(22-9-6-20(28)11-24(22)29)26-27(33-25)32-17(4)16(3)31-26/h6,9,11-15,18,21H,5,7-8,10H2,1-4H3. The quantitative estimate of drug-likeness (QED) is 0.280. The summed E-state index contributed by atoms with van der Waals surface area (Å²) in [5.41, 5.74) is 6.14. The van der Waals surface area contributed by atoms with Crippen LogP contribution in [-0.2, 0) is 0 Å². The highest BCUT2D eigenvalue weighted by Crippen LogP contribution is 2.38. The number of hydrogen-bond donors (Lipinski definition) is 0. The Labute approximate surface area is 204 Å². The molecule has 1 fully saturated rings. The van der Waals surface area contributed by atoms with Gasteiger partial charge in [0.1, 0.15) is 11.3 Å². The van der Waals surface area contributed by atoms with Crippen molar-refractivity contribution in [2.45, 2.75) is 71.3 Å². The number of nitrogens with zero attached hydrogens (tertiary/aromatic N) is 5. The molecule has 7 heteroatoms. The Morgan fingerprint density at radius 3 is 2.56 bits per heavy atom. The van der Waals surface area contributed by atoms with Gasteiger partial charge in [0.25, 0.3) is 0 Å². The number of rotatable bonds is 7. The van der Waals surface area contributed by atoms with Crippen molar-refractivity contribution in [1.29, 1.82) is 0 Å². The van der Waals surface area contributed by atoms with E-state index in [9.17, 15) is 0 Å². The summed E-state index contributed by atoms with van der Waals surface area (Å²) in [4.78, 5) is 14.4. The van der Waals surface area contributed by atoms with Crippen LogP contribution in [0.1, 0.15) is 80.1 Å². The maximum absolute atomic E-state index is 15.0. The van der Waals surface area contributed by atoms with Gasteiger partial charge in [-0.15, -0.1) is 0 Å². The Morgan fingerprint density at radius 1 is 1.09 bits per heavy atom. The average Bonchev–Trinajstić information content (AvgIpc) is 3.54. The number of hydrogen-bond acceptors (Lipinski definition) is 4. The number of aromatic nitrogens is 5. The van der Waals surface area contributed by atoms with Crippen LogP contribution >= 0.6 is 11.6 Å². The average molecular weight is 478 g/mol. The number of halogens is 2. The molecule has 5 nitrogen and oxygen atoms in total. The second-order valence-electron chi connectivity index (χ2n) is 9.51. The van der Waals surface area contributed by atoms with Gasteiger partial charge < -0.3 is 0 Å². The fraction of sp³-hybridized carbons (Fsp3) is 0.407. The molecule has 4 aromatic rings. The van der Waals surface area contributed by atoms with Crippen LogP contribution in [0.25, 0.3) is 22.3 Å². The van der Waals surface area contributed by atoms with Gasteiger partial charge in [0.2, 0.25) is 0 Å². The minimum atomic E-state index is -0.375. The monoisotopic (exact) mass is 477 g/mol. The maximum Gasteiger partial charge on any atom is 0.179 e. The third-order valence-electron chi connectivity index (χ3n) is 6.95. The molecule has 3 heterocycles. The summed E-state index contributed by atoms with van der Waals surface area (Å²) in [6.45, 7) is 8.25. The van der Waals surface area contributed by atoms with Gasteiger partial charge >= 0.3 is 0 Å². The molecule has 0 N–H and O–H groups in total. The highest BCUT2D eigenvalue weighted by atomic mass is 35.5. The molecule has 0 amide bonds.